The highest BCUT2D eigenvalue weighted by atomic mass is 35.5. The lowest BCUT2D eigenvalue weighted by atomic mass is 9.97. The molecule has 0 radical (unpaired) electrons. The van der Waals surface area contributed by atoms with E-state index in [9.17, 15) is 15.0 Å². The van der Waals surface area contributed by atoms with E-state index in [1.54, 1.807) is 9.47 Å². The number of carboxylic acid groups (broad SMARTS) is 1. The number of aromatic nitrogens is 5. The number of carbonyl (C=O) groups is 2. The summed E-state index contributed by atoms with van der Waals surface area (Å²) in [5.74, 6) is -0.799. The number of hydrogen-bond acceptors (Lipinski definition) is 7. The molecule has 13 heteroatoms. The van der Waals surface area contributed by atoms with Gasteiger partial charge in [-0.05, 0) is 114 Å². The minimum atomic E-state index is -1.14. The number of nitrogens with zero attached hydrogens (tertiary/aromatic N) is 6. The first-order chi connectivity index (χ1) is 27.7. The van der Waals surface area contributed by atoms with Crippen molar-refractivity contribution in [3.8, 4) is 22.6 Å². The summed E-state index contributed by atoms with van der Waals surface area (Å²) in [6, 6.07) is 17.6. The maximum absolute atomic E-state index is 15.4. The largest absolute Gasteiger partial charge is 0.508 e. The summed E-state index contributed by atoms with van der Waals surface area (Å²) in [5, 5.41) is 24.1. The van der Waals surface area contributed by atoms with Gasteiger partial charge < -0.3 is 29.0 Å². The van der Waals surface area contributed by atoms with E-state index in [-0.39, 0.29) is 36.5 Å². The van der Waals surface area contributed by atoms with E-state index in [0.29, 0.717) is 57.5 Å². The van der Waals surface area contributed by atoms with Gasteiger partial charge in [0.05, 0.1) is 40.6 Å². The van der Waals surface area contributed by atoms with Gasteiger partial charge in [-0.3, -0.25) is 9.78 Å². The number of aromatic hydroxyl groups is 1. The molecule has 2 N–H and O–H groups in total. The lowest BCUT2D eigenvalue weighted by molar-refractivity contribution is 0.0686. The first kappa shape index (κ1) is 38.9. The number of fused-ring (bicyclic) bond motifs is 4. The number of aromatic carboxylic acids is 1. The molecule has 11 nitrogen and oxygen atoms in total. The molecule has 5 heterocycles. The average Bonchev–Trinajstić information content (AvgIpc) is 3.70. The molecule has 296 valence electrons. The Hall–Kier alpha value is -5.91. The van der Waals surface area contributed by atoms with Crippen LogP contribution in [0.3, 0.4) is 0 Å². The van der Waals surface area contributed by atoms with E-state index in [1.165, 1.54) is 24.5 Å². The Morgan fingerprint density at radius 2 is 1.66 bits per heavy atom. The number of carbonyl (C=O) groups excluding carboxylic acids is 1. The second-order valence-corrected chi connectivity index (χ2v) is 15.9. The van der Waals surface area contributed by atoms with Crippen molar-refractivity contribution >= 4 is 62.6 Å². The molecule has 0 aliphatic carbocycles. The Labute approximate surface area is 345 Å². The highest BCUT2D eigenvalue weighted by molar-refractivity contribution is 6.35. The third-order valence-corrected chi connectivity index (χ3v) is 11.9. The summed E-state index contributed by atoms with van der Waals surface area (Å²) in [7, 11) is 0. The minimum Gasteiger partial charge on any atom is -0.508 e. The maximum atomic E-state index is 15.4. The van der Waals surface area contributed by atoms with Crippen molar-refractivity contribution in [3.05, 3.63) is 128 Å². The molecular formula is C45H42Cl2N6O5. The Morgan fingerprint density at radius 3 is 2.34 bits per heavy atom. The number of anilines is 1. The number of amides is 1. The Balaban J connectivity index is 1.30. The van der Waals surface area contributed by atoms with Crippen LogP contribution in [0.5, 0.6) is 11.5 Å². The van der Waals surface area contributed by atoms with E-state index in [1.807, 2.05) is 84.0 Å². The molecule has 0 bridgehead atoms. The molecule has 1 amide bonds. The number of hydrogen-bond donors (Lipinski definition) is 2. The fraction of sp³-hybridized carbons (Fsp3) is 0.267. The fourth-order valence-corrected chi connectivity index (χ4v) is 8.88. The molecule has 1 unspecified atom stereocenters. The number of rotatable bonds is 10. The molecule has 0 saturated carbocycles. The second-order valence-electron chi connectivity index (χ2n) is 15.1. The molecule has 0 spiro atoms. The van der Waals surface area contributed by atoms with Crippen molar-refractivity contribution in [3.63, 3.8) is 0 Å². The van der Waals surface area contributed by atoms with Gasteiger partial charge in [-0.25, -0.2) is 14.8 Å². The van der Waals surface area contributed by atoms with Crippen LogP contribution < -0.4 is 9.64 Å². The predicted molar refractivity (Wildman–Crippen MR) is 227 cm³/mol. The first-order valence-electron chi connectivity index (χ1n) is 19.1. The normalized spacial score (nSPS) is 14.1. The number of halogens is 2. The van der Waals surface area contributed by atoms with E-state index >= 15 is 4.79 Å². The van der Waals surface area contributed by atoms with E-state index in [4.69, 9.17) is 27.9 Å². The van der Waals surface area contributed by atoms with Crippen molar-refractivity contribution in [1.82, 2.24) is 24.1 Å². The number of benzene rings is 3. The SMILES string of the molecule is Cc1cccc(Cn2c(C(=O)O)cc3cc(O)cc(N4CC(C)n5c(c(CCCOc6cc(C)c(Cl)c(C)c6)c6ccc(Cl)c(-c7c(C)ncnc7C)c65)C4=O)c32)n1. The summed E-state index contributed by atoms with van der Waals surface area (Å²) in [4.78, 5) is 43.4. The third kappa shape index (κ3) is 6.71. The maximum Gasteiger partial charge on any atom is 0.352 e. The van der Waals surface area contributed by atoms with Crippen LogP contribution in [0.2, 0.25) is 10.0 Å². The van der Waals surface area contributed by atoms with Crippen LogP contribution in [0.15, 0.2) is 67.0 Å². The van der Waals surface area contributed by atoms with Crippen molar-refractivity contribution in [2.24, 2.45) is 0 Å². The summed E-state index contributed by atoms with van der Waals surface area (Å²) in [6.45, 7) is 12.4. The van der Waals surface area contributed by atoms with Gasteiger partial charge in [0.2, 0.25) is 0 Å². The van der Waals surface area contributed by atoms with Crippen LogP contribution in [0.4, 0.5) is 5.69 Å². The number of pyridine rings is 1. The van der Waals surface area contributed by atoms with Gasteiger partial charge in [-0.15, -0.1) is 0 Å². The zero-order chi connectivity index (χ0) is 41.2. The van der Waals surface area contributed by atoms with Gasteiger partial charge in [0, 0.05) is 62.7 Å². The smallest absolute Gasteiger partial charge is 0.352 e. The molecule has 58 heavy (non-hydrogen) atoms. The molecule has 0 fully saturated rings. The van der Waals surface area contributed by atoms with Gasteiger partial charge in [0.25, 0.3) is 5.91 Å². The van der Waals surface area contributed by atoms with E-state index in [2.05, 4.69) is 19.5 Å². The number of ether oxygens (including phenoxy) is 1. The van der Waals surface area contributed by atoms with Crippen LogP contribution in [-0.4, -0.2) is 59.3 Å². The lowest BCUT2D eigenvalue weighted by Crippen LogP contribution is -2.43. The molecular weight excluding hydrogens is 775 g/mol. The standard InChI is InChI=1S/C45H42Cl2N6O5/c1-23-15-32(16-24(2)40(23)47)58-14-8-11-33-34-12-13-35(46)39(38-27(5)48-22-49-28(38)6)42(34)53-26(4)20-52(44(55)43(33)53)36-19-31(54)17-29-18-37(45(56)57)51(41(29)36)21-30-10-7-9-25(3)50-30/h7,9-10,12-13,15-19,22,26,54H,8,11,14,20-21H2,1-6H3,(H,56,57). The van der Waals surface area contributed by atoms with Crippen molar-refractivity contribution in [2.75, 3.05) is 18.1 Å². The highest BCUT2D eigenvalue weighted by Gasteiger charge is 2.38. The van der Waals surface area contributed by atoms with Crippen molar-refractivity contribution in [1.29, 1.82) is 0 Å². The van der Waals surface area contributed by atoms with E-state index < -0.39 is 5.97 Å². The fourth-order valence-electron chi connectivity index (χ4n) is 8.53. The summed E-state index contributed by atoms with van der Waals surface area (Å²) in [5.41, 5.74) is 9.43. The molecule has 1 aliphatic rings. The number of aryl methyl sites for hydroxylation is 6. The zero-order valence-corrected chi connectivity index (χ0v) is 34.5. The number of carboxylic acids is 1. The van der Waals surface area contributed by atoms with Gasteiger partial charge in [-0.1, -0.05) is 35.3 Å². The minimum absolute atomic E-state index is 0.0126. The van der Waals surface area contributed by atoms with Gasteiger partial charge in [-0.2, -0.15) is 0 Å². The Kier molecular flexibility index (Phi) is 10.1. The quantitative estimate of drug-likeness (QED) is 0.130. The van der Waals surface area contributed by atoms with Gasteiger partial charge in [0.1, 0.15) is 29.2 Å². The van der Waals surface area contributed by atoms with Crippen LogP contribution in [-0.2, 0) is 13.0 Å². The Bertz CT molecular complexity index is 2780. The number of phenols is 1. The molecule has 1 atom stereocenters. The number of phenolic OH excluding ortho intramolecular Hbond substituents is 1. The molecule has 1 aliphatic heterocycles. The summed E-state index contributed by atoms with van der Waals surface area (Å²) in [6.07, 6.45) is 2.62. The Morgan fingerprint density at radius 1 is 0.931 bits per heavy atom. The highest BCUT2D eigenvalue weighted by Crippen LogP contribution is 2.46. The molecule has 3 aromatic carbocycles. The molecule has 0 saturated heterocycles. The van der Waals surface area contributed by atoms with Crippen LogP contribution in [0.1, 0.15) is 79.8 Å². The van der Waals surface area contributed by atoms with Crippen LogP contribution >= 0.6 is 23.2 Å². The summed E-state index contributed by atoms with van der Waals surface area (Å²) >= 11 is 13.5. The van der Waals surface area contributed by atoms with Crippen molar-refractivity contribution < 1.29 is 24.5 Å². The topological polar surface area (TPSA) is 136 Å². The zero-order valence-electron chi connectivity index (χ0n) is 33.0. The average molecular weight is 818 g/mol. The lowest BCUT2D eigenvalue weighted by Gasteiger charge is -2.35. The van der Waals surface area contributed by atoms with Gasteiger partial charge in [0.15, 0.2) is 0 Å². The molecule has 4 aromatic heterocycles. The van der Waals surface area contributed by atoms with Crippen LogP contribution in [0, 0.1) is 34.6 Å². The monoisotopic (exact) mass is 816 g/mol. The van der Waals surface area contributed by atoms with Crippen LogP contribution in [0.25, 0.3) is 32.9 Å². The second kappa shape index (κ2) is 15.1. The third-order valence-electron chi connectivity index (χ3n) is 11.0. The predicted octanol–water partition coefficient (Wildman–Crippen LogP) is 9.98. The van der Waals surface area contributed by atoms with E-state index in [0.717, 1.165) is 61.6 Å². The molecule has 8 rings (SSSR count). The summed E-state index contributed by atoms with van der Waals surface area (Å²) < 4.78 is 9.97. The first-order valence-corrected chi connectivity index (χ1v) is 19.9. The van der Waals surface area contributed by atoms with Gasteiger partial charge >= 0.3 is 5.97 Å². The van der Waals surface area contributed by atoms with Crippen molar-refractivity contribution in [2.45, 2.75) is 67.0 Å². The molecule has 7 aromatic rings.